The Bertz CT molecular complexity index is 369. The zero-order valence-corrected chi connectivity index (χ0v) is 14.4. The summed E-state index contributed by atoms with van der Waals surface area (Å²) >= 11 is 0. The predicted molar refractivity (Wildman–Crippen MR) is 83.9 cm³/mol. The summed E-state index contributed by atoms with van der Waals surface area (Å²) in [6.45, 7) is 18.9. The van der Waals surface area contributed by atoms with Gasteiger partial charge in [0.2, 0.25) is 0 Å². The molecule has 2 rings (SSSR count). The number of ketones is 1. The van der Waals surface area contributed by atoms with Gasteiger partial charge in [-0.3, -0.25) is 14.6 Å². The molecule has 0 aromatic carbocycles. The fourth-order valence-corrected chi connectivity index (χ4v) is 4.10. The van der Waals surface area contributed by atoms with Crippen molar-refractivity contribution in [2.45, 2.75) is 72.5 Å². The van der Waals surface area contributed by atoms with Crippen molar-refractivity contribution in [1.82, 2.24) is 9.80 Å². The Hall–Kier alpha value is -0.410. The van der Waals surface area contributed by atoms with E-state index in [0.717, 1.165) is 6.54 Å². The topological polar surface area (TPSA) is 23.6 Å². The molecule has 0 unspecified atom stereocenters. The Kier molecular flexibility index (Phi) is 4.07. The summed E-state index contributed by atoms with van der Waals surface area (Å²) in [6, 6.07) is 1.22. The number of hydrogen-bond donors (Lipinski definition) is 0. The van der Waals surface area contributed by atoms with Gasteiger partial charge in [0.05, 0.1) is 13.1 Å². The van der Waals surface area contributed by atoms with Crippen molar-refractivity contribution in [2.75, 3.05) is 19.6 Å². The van der Waals surface area contributed by atoms with Crippen LogP contribution in [0.2, 0.25) is 0 Å². The molecule has 3 heteroatoms. The molecule has 116 valence electrons. The summed E-state index contributed by atoms with van der Waals surface area (Å²) in [6.07, 6.45) is 1.26. The molecule has 2 fully saturated rings. The van der Waals surface area contributed by atoms with E-state index < -0.39 is 0 Å². The van der Waals surface area contributed by atoms with Crippen LogP contribution in [0.3, 0.4) is 0 Å². The van der Waals surface area contributed by atoms with Crippen LogP contribution in [0.4, 0.5) is 0 Å². The molecule has 0 radical (unpaired) electrons. The van der Waals surface area contributed by atoms with Crippen LogP contribution in [-0.4, -0.2) is 52.8 Å². The summed E-state index contributed by atoms with van der Waals surface area (Å²) < 4.78 is 0. The van der Waals surface area contributed by atoms with Gasteiger partial charge < -0.3 is 0 Å². The molecule has 3 atom stereocenters. The zero-order chi connectivity index (χ0) is 15.3. The second kappa shape index (κ2) is 5.10. The highest BCUT2D eigenvalue weighted by Crippen LogP contribution is 2.43. The average molecular weight is 280 g/mol. The molecule has 0 aliphatic carbocycles. The molecule has 0 aromatic rings. The summed E-state index contributed by atoms with van der Waals surface area (Å²) in [5.41, 5.74) is 0.512. The number of carbonyl (C=O) groups excluding carboxylic acids is 1. The SMILES string of the molecule is C[C@@H]1[C@@H](CN2CC(=O)C2)C[C@@H](C(C)(C)C)N1C(C)(C)C. The van der Waals surface area contributed by atoms with Crippen molar-refractivity contribution in [3.05, 3.63) is 0 Å². The molecule has 2 heterocycles. The first-order valence-electron chi connectivity index (χ1n) is 8.02. The van der Waals surface area contributed by atoms with Gasteiger partial charge in [0, 0.05) is 24.2 Å². The standard InChI is InChI=1S/C17H32N2O/c1-12-13(9-18-10-14(20)11-18)8-15(16(2,3)4)19(12)17(5,6)7/h12-13,15H,8-11H2,1-7H3/t12-,13-,15+/m1/s1. The van der Waals surface area contributed by atoms with Crippen molar-refractivity contribution < 1.29 is 4.79 Å². The van der Waals surface area contributed by atoms with E-state index in [1.807, 2.05) is 0 Å². The van der Waals surface area contributed by atoms with E-state index in [-0.39, 0.29) is 5.54 Å². The van der Waals surface area contributed by atoms with Crippen LogP contribution >= 0.6 is 0 Å². The summed E-state index contributed by atoms with van der Waals surface area (Å²) in [7, 11) is 0. The number of likely N-dealkylation sites (tertiary alicyclic amines) is 2. The zero-order valence-electron chi connectivity index (χ0n) is 14.4. The average Bonchev–Trinajstić information content (AvgIpc) is 2.53. The largest absolute Gasteiger partial charge is 0.297 e. The third-order valence-corrected chi connectivity index (χ3v) is 5.05. The van der Waals surface area contributed by atoms with Crippen LogP contribution in [0, 0.1) is 11.3 Å². The number of carbonyl (C=O) groups is 1. The molecular formula is C17H32N2O. The Morgan fingerprint density at radius 2 is 1.65 bits per heavy atom. The second-order valence-corrected chi connectivity index (χ2v) is 8.90. The van der Waals surface area contributed by atoms with Crippen molar-refractivity contribution in [1.29, 1.82) is 0 Å². The van der Waals surface area contributed by atoms with E-state index in [2.05, 4.69) is 58.3 Å². The predicted octanol–water partition coefficient (Wildman–Crippen LogP) is 2.79. The van der Waals surface area contributed by atoms with Gasteiger partial charge in [0.25, 0.3) is 0 Å². The van der Waals surface area contributed by atoms with Crippen LogP contribution < -0.4 is 0 Å². The van der Waals surface area contributed by atoms with Crippen LogP contribution in [0.25, 0.3) is 0 Å². The Balaban J connectivity index is 2.11. The van der Waals surface area contributed by atoms with Gasteiger partial charge in [-0.15, -0.1) is 0 Å². The number of Topliss-reactive ketones (excluding diaryl/α,β-unsaturated/α-hetero) is 1. The monoisotopic (exact) mass is 280 g/mol. The molecule has 0 aromatic heterocycles. The lowest BCUT2D eigenvalue weighted by molar-refractivity contribution is -0.129. The minimum atomic E-state index is 0.205. The fourth-order valence-electron chi connectivity index (χ4n) is 4.10. The molecule has 0 amide bonds. The number of rotatable bonds is 2. The number of hydrogen-bond acceptors (Lipinski definition) is 3. The molecule has 2 aliphatic rings. The summed E-state index contributed by atoms with van der Waals surface area (Å²) in [5, 5.41) is 0. The maximum absolute atomic E-state index is 11.2. The minimum absolute atomic E-state index is 0.205. The third kappa shape index (κ3) is 3.09. The van der Waals surface area contributed by atoms with E-state index in [1.165, 1.54) is 6.42 Å². The first-order valence-corrected chi connectivity index (χ1v) is 8.02. The van der Waals surface area contributed by atoms with Gasteiger partial charge in [-0.05, 0) is 45.4 Å². The molecule has 0 bridgehead atoms. The molecule has 2 saturated heterocycles. The minimum Gasteiger partial charge on any atom is -0.297 e. The van der Waals surface area contributed by atoms with Gasteiger partial charge in [-0.25, -0.2) is 0 Å². The van der Waals surface area contributed by atoms with E-state index in [9.17, 15) is 4.79 Å². The highest BCUT2D eigenvalue weighted by Gasteiger charge is 2.48. The lowest BCUT2D eigenvalue weighted by atomic mass is 9.82. The smallest absolute Gasteiger partial charge is 0.160 e. The Morgan fingerprint density at radius 1 is 1.10 bits per heavy atom. The van der Waals surface area contributed by atoms with Gasteiger partial charge in [-0.2, -0.15) is 0 Å². The highest BCUT2D eigenvalue weighted by molar-refractivity contribution is 5.87. The maximum Gasteiger partial charge on any atom is 0.160 e. The first-order chi connectivity index (χ1) is 9.00. The van der Waals surface area contributed by atoms with E-state index >= 15 is 0 Å². The molecular weight excluding hydrogens is 248 g/mol. The van der Waals surface area contributed by atoms with Crippen LogP contribution in [0.5, 0.6) is 0 Å². The van der Waals surface area contributed by atoms with E-state index in [1.54, 1.807) is 0 Å². The van der Waals surface area contributed by atoms with Crippen LogP contribution in [0.15, 0.2) is 0 Å². The molecule has 0 saturated carbocycles. The van der Waals surface area contributed by atoms with E-state index in [4.69, 9.17) is 0 Å². The van der Waals surface area contributed by atoms with Crippen LogP contribution in [-0.2, 0) is 4.79 Å². The summed E-state index contributed by atoms with van der Waals surface area (Å²) in [5.74, 6) is 1.09. The highest BCUT2D eigenvalue weighted by atomic mass is 16.1. The molecule has 2 aliphatic heterocycles. The second-order valence-electron chi connectivity index (χ2n) is 8.90. The lowest BCUT2D eigenvalue weighted by Crippen LogP contribution is -2.54. The van der Waals surface area contributed by atoms with Gasteiger partial charge >= 0.3 is 0 Å². The molecule has 0 spiro atoms. The van der Waals surface area contributed by atoms with Crippen molar-refractivity contribution in [3.63, 3.8) is 0 Å². The Labute approximate surface area is 124 Å². The summed E-state index contributed by atoms with van der Waals surface area (Å²) in [4.78, 5) is 16.2. The quantitative estimate of drug-likeness (QED) is 0.777. The van der Waals surface area contributed by atoms with Crippen molar-refractivity contribution in [3.8, 4) is 0 Å². The van der Waals surface area contributed by atoms with E-state index in [0.29, 0.717) is 42.3 Å². The lowest BCUT2D eigenvalue weighted by Gasteiger charge is -2.45. The fraction of sp³-hybridized carbons (Fsp3) is 0.941. The maximum atomic E-state index is 11.2. The van der Waals surface area contributed by atoms with Crippen molar-refractivity contribution in [2.24, 2.45) is 11.3 Å². The van der Waals surface area contributed by atoms with Gasteiger partial charge in [-0.1, -0.05) is 20.8 Å². The molecule has 20 heavy (non-hydrogen) atoms. The number of nitrogens with zero attached hydrogens (tertiary/aromatic N) is 2. The molecule has 3 nitrogen and oxygen atoms in total. The van der Waals surface area contributed by atoms with Gasteiger partial charge in [0.1, 0.15) is 0 Å². The third-order valence-electron chi connectivity index (χ3n) is 5.05. The molecule has 0 N–H and O–H groups in total. The van der Waals surface area contributed by atoms with Gasteiger partial charge in [0.15, 0.2) is 5.78 Å². The Morgan fingerprint density at radius 3 is 2.00 bits per heavy atom. The normalized spacial score (nSPS) is 33.5. The first kappa shape index (κ1) is 16.0. The van der Waals surface area contributed by atoms with Crippen LogP contribution in [0.1, 0.15) is 54.9 Å². The van der Waals surface area contributed by atoms with Crippen molar-refractivity contribution >= 4 is 5.78 Å².